The van der Waals surface area contributed by atoms with Crippen molar-refractivity contribution in [3.8, 4) is 0 Å². The fourth-order valence-electron chi connectivity index (χ4n) is 2.67. The zero-order valence-corrected chi connectivity index (χ0v) is 7.81. The van der Waals surface area contributed by atoms with E-state index in [-0.39, 0.29) is 0 Å². The second kappa shape index (κ2) is 3.32. The molecular formula is C9H18N2O. The second-order valence-corrected chi connectivity index (χ2v) is 3.91. The molecule has 2 fully saturated rings. The Balaban J connectivity index is 1.97. The van der Waals surface area contributed by atoms with Gasteiger partial charge in [0.1, 0.15) is 0 Å². The molecule has 2 aliphatic heterocycles. The third-order valence-corrected chi connectivity index (χ3v) is 3.30. The number of hydroxylamine groups is 1. The van der Waals surface area contributed by atoms with E-state index >= 15 is 0 Å². The van der Waals surface area contributed by atoms with Gasteiger partial charge in [-0.15, -0.1) is 0 Å². The summed E-state index contributed by atoms with van der Waals surface area (Å²) in [6.07, 6.45) is 5.36. The summed E-state index contributed by atoms with van der Waals surface area (Å²) in [4.78, 5) is 7.93. The average Bonchev–Trinajstić information content (AvgIpc) is 2.58. The lowest BCUT2D eigenvalue weighted by Gasteiger charge is -2.31. The first-order valence-corrected chi connectivity index (χ1v) is 4.91. The highest BCUT2D eigenvalue weighted by Gasteiger charge is 2.44. The molecule has 3 heteroatoms. The molecule has 0 bridgehead atoms. The van der Waals surface area contributed by atoms with Crippen molar-refractivity contribution in [2.75, 3.05) is 26.7 Å². The zero-order chi connectivity index (χ0) is 8.44. The minimum atomic E-state index is 0.406. The van der Waals surface area contributed by atoms with E-state index in [1.807, 2.05) is 7.05 Å². The van der Waals surface area contributed by atoms with Crippen molar-refractivity contribution in [1.29, 1.82) is 0 Å². The molecule has 3 nitrogen and oxygen atoms in total. The number of hydrogen-bond acceptors (Lipinski definition) is 3. The highest BCUT2D eigenvalue weighted by atomic mass is 16.6. The van der Waals surface area contributed by atoms with Crippen molar-refractivity contribution < 1.29 is 4.84 Å². The van der Waals surface area contributed by atoms with Crippen LogP contribution in [0.1, 0.15) is 25.7 Å². The molecule has 0 unspecified atom stereocenters. The van der Waals surface area contributed by atoms with Crippen molar-refractivity contribution in [3.05, 3.63) is 0 Å². The third kappa shape index (κ3) is 1.26. The van der Waals surface area contributed by atoms with Crippen LogP contribution in [-0.4, -0.2) is 37.2 Å². The molecule has 0 aromatic heterocycles. The van der Waals surface area contributed by atoms with Gasteiger partial charge in [-0.2, -0.15) is 0 Å². The summed E-state index contributed by atoms with van der Waals surface area (Å²) in [5.41, 5.74) is 3.18. The van der Waals surface area contributed by atoms with Crippen LogP contribution in [0, 0.1) is 0 Å². The maximum atomic E-state index is 5.33. The number of nitrogens with one attached hydrogen (secondary N) is 1. The Kier molecular flexibility index (Phi) is 2.35. The normalized spacial score (nSPS) is 27.8. The number of rotatable bonds is 3. The molecule has 0 saturated carbocycles. The van der Waals surface area contributed by atoms with Crippen LogP contribution in [0.4, 0.5) is 0 Å². The summed E-state index contributed by atoms with van der Waals surface area (Å²) < 4.78 is 0. The van der Waals surface area contributed by atoms with E-state index in [0.717, 1.165) is 6.61 Å². The van der Waals surface area contributed by atoms with Gasteiger partial charge in [-0.05, 0) is 38.8 Å². The van der Waals surface area contributed by atoms with Crippen LogP contribution in [0.2, 0.25) is 0 Å². The van der Waals surface area contributed by atoms with Crippen LogP contribution < -0.4 is 5.48 Å². The molecule has 0 atom stereocenters. The van der Waals surface area contributed by atoms with Gasteiger partial charge in [0.05, 0.1) is 6.61 Å². The van der Waals surface area contributed by atoms with Crippen molar-refractivity contribution in [2.45, 2.75) is 31.2 Å². The monoisotopic (exact) mass is 170 g/mol. The third-order valence-electron chi connectivity index (χ3n) is 3.30. The van der Waals surface area contributed by atoms with Gasteiger partial charge in [0.15, 0.2) is 0 Å². The highest BCUT2D eigenvalue weighted by molar-refractivity contribution is 4.99. The average molecular weight is 170 g/mol. The Morgan fingerprint density at radius 2 is 2.00 bits per heavy atom. The van der Waals surface area contributed by atoms with Crippen molar-refractivity contribution in [3.63, 3.8) is 0 Å². The molecule has 2 heterocycles. The molecule has 2 rings (SSSR count). The van der Waals surface area contributed by atoms with Gasteiger partial charge in [0, 0.05) is 12.6 Å². The largest absolute Gasteiger partial charge is 0.300 e. The predicted octanol–water partition coefficient (Wildman–Crippen LogP) is 0.766. The van der Waals surface area contributed by atoms with Crippen LogP contribution in [0.3, 0.4) is 0 Å². The molecule has 0 amide bonds. The molecule has 2 aliphatic rings. The van der Waals surface area contributed by atoms with Gasteiger partial charge in [-0.3, -0.25) is 4.90 Å². The molecule has 0 aromatic carbocycles. The first-order valence-electron chi connectivity index (χ1n) is 4.91. The quantitative estimate of drug-likeness (QED) is 0.633. The molecule has 2 saturated heterocycles. The lowest BCUT2D eigenvalue weighted by atomic mass is 9.95. The molecule has 0 radical (unpaired) electrons. The summed E-state index contributed by atoms with van der Waals surface area (Å²) in [6.45, 7) is 3.43. The minimum Gasteiger partial charge on any atom is -0.300 e. The van der Waals surface area contributed by atoms with E-state index < -0.39 is 0 Å². The van der Waals surface area contributed by atoms with Gasteiger partial charge in [0.2, 0.25) is 0 Å². The Morgan fingerprint density at radius 3 is 2.58 bits per heavy atom. The lowest BCUT2D eigenvalue weighted by Crippen LogP contribution is -2.43. The summed E-state index contributed by atoms with van der Waals surface area (Å²) >= 11 is 0. The minimum absolute atomic E-state index is 0.406. The van der Waals surface area contributed by atoms with E-state index in [0.29, 0.717) is 5.54 Å². The molecule has 70 valence electrons. The van der Waals surface area contributed by atoms with Crippen LogP contribution >= 0.6 is 0 Å². The number of hydrogen-bond donors (Lipinski definition) is 1. The molecule has 12 heavy (non-hydrogen) atoms. The van der Waals surface area contributed by atoms with E-state index in [9.17, 15) is 0 Å². The van der Waals surface area contributed by atoms with Crippen molar-refractivity contribution >= 4 is 0 Å². The SMILES string of the molecule is CNOCC12CCCN1CCC2. The van der Waals surface area contributed by atoms with Gasteiger partial charge < -0.3 is 4.84 Å². The molecule has 1 N–H and O–H groups in total. The van der Waals surface area contributed by atoms with Crippen LogP contribution in [-0.2, 0) is 4.84 Å². The maximum absolute atomic E-state index is 5.33. The summed E-state index contributed by atoms with van der Waals surface area (Å²) in [6, 6.07) is 0. The second-order valence-electron chi connectivity index (χ2n) is 3.91. The Bertz CT molecular complexity index is 151. The Labute approximate surface area is 74.0 Å². The number of nitrogens with zero attached hydrogens (tertiary/aromatic N) is 1. The highest BCUT2D eigenvalue weighted by Crippen LogP contribution is 2.38. The van der Waals surface area contributed by atoms with Crippen LogP contribution in [0.25, 0.3) is 0 Å². The fourth-order valence-corrected chi connectivity index (χ4v) is 2.67. The van der Waals surface area contributed by atoms with Gasteiger partial charge >= 0.3 is 0 Å². The Hall–Kier alpha value is -0.120. The van der Waals surface area contributed by atoms with E-state index in [4.69, 9.17) is 4.84 Å². The summed E-state index contributed by atoms with van der Waals surface area (Å²) in [5, 5.41) is 0. The maximum Gasteiger partial charge on any atom is 0.0865 e. The molecular weight excluding hydrogens is 152 g/mol. The lowest BCUT2D eigenvalue weighted by molar-refractivity contribution is -0.0121. The van der Waals surface area contributed by atoms with Gasteiger partial charge in [0.25, 0.3) is 0 Å². The summed E-state index contributed by atoms with van der Waals surface area (Å²) in [5.74, 6) is 0. The topological polar surface area (TPSA) is 24.5 Å². The predicted molar refractivity (Wildman–Crippen MR) is 47.8 cm³/mol. The molecule has 0 aromatic rings. The smallest absolute Gasteiger partial charge is 0.0865 e. The van der Waals surface area contributed by atoms with E-state index in [1.54, 1.807) is 0 Å². The summed E-state index contributed by atoms with van der Waals surface area (Å²) in [7, 11) is 1.84. The zero-order valence-electron chi connectivity index (χ0n) is 7.81. The molecule has 0 spiro atoms. The van der Waals surface area contributed by atoms with E-state index in [1.165, 1.54) is 38.8 Å². The van der Waals surface area contributed by atoms with Crippen LogP contribution in [0.15, 0.2) is 0 Å². The fraction of sp³-hybridized carbons (Fsp3) is 1.00. The van der Waals surface area contributed by atoms with Crippen molar-refractivity contribution in [2.24, 2.45) is 0 Å². The van der Waals surface area contributed by atoms with Gasteiger partial charge in [-0.25, -0.2) is 5.48 Å². The first-order chi connectivity index (χ1) is 5.87. The first kappa shape index (κ1) is 8.48. The number of fused-ring (bicyclic) bond motifs is 1. The Morgan fingerprint density at radius 1 is 1.33 bits per heavy atom. The standard InChI is InChI=1S/C9H18N2O/c1-10-12-8-9-4-2-6-11(9)7-3-5-9/h10H,2-8H2,1H3. The van der Waals surface area contributed by atoms with Crippen LogP contribution in [0.5, 0.6) is 0 Å². The van der Waals surface area contributed by atoms with Crippen molar-refractivity contribution in [1.82, 2.24) is 10.4 Å². The van der Waals surface area contributed by atoms with Gasteiger partial charge in [-0.1, -0.05) is 0 Å². The molecule has 0 aliphatic carbocycles. The van der Waals surface area contributed by atoms with E-state index in [2.05, 4.69) is 10.4 Å².